The standard InChI is InChI=1S/C17H24ClN3/c1-4-8-19-17(10-14-11-20-21(5-2)12-14)16-7-6-15(18)9-13(16)3/h6-7,9,11-12,17,19H,4-5,8,10H2,1-3H3. The number of nitrogens with one attached hydrogen (secondary N) is 1. The van der Waals surface area contributed by atoms with Crippen molar-refractivity contribution in [2.45, 2.75) is 46.2 Å². The topological polar surface area (TPSA) is 29.9 Å². The molecule has 1 aromatic heterocycles. The van der Waals surface area contributed by atoms with Crippen molar-refractivity contribution in [2.24, 2.45) is 0 Å². The molecule has 4 heteroatoms. The van der Waals surface area contributed by atoms with Gasteiger partial charge in [0.05, 0.1) is 6.20 Å². The van der Waals surface area contributed by atoms with Gasteiger partial charge in [-0.2, -0.15) is 5.10 Å². The lowest BCUT2D eigenvalue weighted by Gasteiger charge is -2.20. The van der Waals surface area contributed by atoms with Gasteiger partial charge in [0, 0.05) is 23.8 Å². The summed E-state index contributed by atoms with van der Waals surface area (Å²) < 4.78 is 1.97. The molecule has 2 aromatic rings. The number of hydrogen-bond acceptors (Lipinski definition) is 2. The Morgan fingerprint density at radius 2 is 2.14 bits per heavy atom. The lowest BCUT2D eigenvalue weighted by atomic mass is 9.96. The van der Waals surface area contributed by atoms with Gasteiger partial charge in [0.25, 0.3) is 0 Å². The Balaban J connectivity index is 2.20. The molecule has 21 heavy (non-hydrogen) atoms. The maximum absolute atomic E-state index is 6.07. The number of aryl methyl sites for hydroxylation is 2. The lowest BCUT2D eigenvalue weighted by molar-refractivity contribution is 0.527. The Labute approximate surface area is 132 Å². The van der Waals surface area contributed by atoms with E-state index in [1.165, 1.54) is 16.7 Å². The van der Waals surface area contributed by atoms with E-state index in [1.54, 1.807) is 0 Å². The summed E-state index contributed by atoms with van der Waals surface area (Å²) in [5.74, 6) is 0. The van der Waals surface area contributed by atoms with Gasteiger partial charge in [-0.25, -0.2) is 0 Å². The van der Waals surface area contributed by atoms with E-state index < -0.39 is 0 Å². The zero-order chi connectivity index (χ0) is 15.2. The summed E-state index contributed by atoms with van der Waals surface area (Å²) in [6.45, 7) is 8.33. The molecule has 114 valence electrons. The molecule has 1 aromatic carbocycles. The monoisotopic (exact) mass is 305 g/mol. The molecule has 0 fully saturated rings. The summed E-state index contributed by atoms with van der Waals surface area (Å²) in [7, 11) is 0. The first kappa shape index (κ1) is 16.1. The summed E-state index contributed by atoms with van der Waals surface area (Å²) >= 11 is 6.07. The second kappa shape index (κ2) is 7.62. The summed E-state index contributed by atoms with van der Waals surface area (Å²) in [5.41, 5.74) is 3.82. The van der Waals surface area contributed by atoms with E-state index in [-0.39, 0.29) is 0 Å². The van der Waals surface area contributed by atoms with Crippen molar-refractivity contribution in [3.8, 4) is 0 Å². The SMILES string of the molecule is CCCNC(Cc1cnn(CC)c1)c1ccc(Cl)cc1C. The molecule has 0 saturated heterocycles. The van der Waals surface area contributed by atoms with E-state index in [1.807, 2.05) is 23.0 Å². The van der Waals surface area contributed by atoms with Gasteiger partial charge in [0.2, 0.25) is 0 Å². The highest BCUT2D eigenvalue weighted by Gasteiger charge is 2.15. The average molecular weight is 306 g/mol. The van der Waals surface area contributed by atoms with Gasteiger partial charge in [-0.15, -0.1) is 0 Å². The zero-order valence-corrected chi connectivity index (χ0v) is 13.8. The minimum atomic E-state index is 0.303. The fourth-order valence-corrected chi connectivity index (χ4v) is 2.79. The molecule has 1 N–H and O–H groups in total. The van der Waals surface area contributed by atoms with E-state index in [2.05, 4.69) is 43.4 Å². The minimum absolute atomic E-state index is 0.303. The molecule has 0 amide bonds. The summed E-state index contributed by atoms with van der Waals surface area (Å²) in [4.78, 5) is 0. The normalized spacial score (nSPS) is 12.6. The third-order valence-corrected chi connectivity index (χ3v) is 3.93. The molecule has 1 heterocycles. The van der Waals surface area contributed by atoms with Gasteiger partial charge < -0.3 is 5.32 Å². The van der Waals surface area contributed by atoms with Gasteiger partial charge >= 0.3 is 0 Å². The summed E-state index contributed by atoms with van der Waals surface area (Å²) in [6.07, 6.45) is 6.17. The van der Waals surface area contributed by atoms with Crippen molar-refractivity contribution in [3.05, 3.63) is 52.3 Å². The summed E-state index contributed by atoms with van der Waals surface area (Å²) in [6, 6.07) is 6.44. The Kier molecular flexibility index (Phi) is 5.83. The number of benzene rings is 1. The highest BCUT2D eigenvalue weighted by molar-refractivity contribution is 6.30. The molecule has 0 spiro atoms. The van der Waals surface area contributed by atoms with E-state index in [0.29, 0.717) is 6.04 Å². The molecule has 0 aliphatic heterocycles. The van der Waals surface area contributed by atoms with Crippen LogP contribution in [-0.2, 0) is 13.0 Å². The second-order valence-electron chi connectivity index (χ2n) is 5.42. The molecule has 0 saturated carbocycles. The van der Waals surface area contributed by atoms with Crippen molar-refractivity contribution in [3.63, 3.8) is 0 Å². The Bertz CT molecular complexity index is 577. The van der Waals surface area contributed by atoms with Crippen molar-refractivity contribution in [1.82, 2.24) is 15.1 Å². The molecular weight excluding hydrogens is 282 g/mol. The molecule has 3 nitrogen and oxygen atoms in total. The van der Waals surface area contributed by atoms with E-state index in [4.69, 9.17) is 11.6 Å². The zero-order valence-electron chi connectivity index (χ0n) is 13.1. The quantitative estimate of drug-likeness (QED) is 0.833. The smallest absolute Gasteiger partial charge is 0.0522 e. The first-order valence-corrected chi connectivity index (χ1v) is 8.02. The van der Waals surface area contributed by atoms with Crippen LogP contribution < -0.4 is 5.32 Å². The number of aromatic nitrogens is 2. The van der Waals surface area contributed by atoms with Crippen LogP contribution in [0.25, 0.3) is 0 Å². The van der Waals surface area contributed by atoms with Crippen molar-refractivity contribution in [2.75, 3.05) is 6.54 Å². The van der Waals surface area contributed by atoms with Gasteiger partial charge in [-0.05, 0) is 62.1 Å². The van der Waals surface area contributed by atoms with Gasteiger partial charge in [-0.1, -0.05) is 24.6 Å². The molecule has 0 aliphatic carbocycles. The van der Waals surface area contributed by atoms with Crippen LogP contribution in [0.15, 0.2) is 30.6 Å². The molecule has 1 atom stereocenters. The van der Waals surface area contributed by atoms with E-state index in [0.717, 1.165) is 31.0 Å². The largest absolute Gasteiger partial charge is 0.310 e. The highest BCUT2D eigenvalue weighted by Crippen LogP contribution is 2.24. The van der Waals surface area contributed by atoms with Crippen LogP contribution in [0.4, 0.5) is 0 Å². The van der Waals surface area contributed by atoms with Crippen LogP contribution in [0.3, 0.4) is 0 Å². The lowest BCUT2D eigenvalue weighted by Crippen LogP contribution is -2.24. The maximum atomic E-state index is 6.07. The van der Waals surface area contributed by atoms with Crippen LogP contribution in [0.1, 0.15) is 43.0 Å². The molecule has 1 unspecified atom stereocenters. The van der Waals surface area contributed by atoms with E-state index >= 15 is 0 Å². The third-order valence-electron chi connectivity index (χ3n) is 3.70. The fourth-order valence-electron chi connectivity index (χ4n) is 2.56. The van der Waals surface area contributed by atoms with Crippen molar-refractivity contribution >= 4 is 11.6 Å². The van der Waals surface area contributed by atoms with Gasteiger partial charge in [0.1, 0.15) is 0 Å². The van der Waals surface area contributed by atoms with Crippen LogP contribution in [0.2, 0.25) is 5.02 Å². The first-order chi connectivity index (χ1) is 10.1. The van der Waals surface area contributed by atoms with Crippen LogP contribution in [-0.4, -0.2) is 16.3 Å². The Morgan fingerprint density at radius 3 is 2.76 bits per heavy atom. The molecule has 0 radical (unpaired) electrons. The fraction of sp³-hybridized carbons (Fsp3) is 0.471. The Hall–Kier alpha value is -1.32. The first-order valence-electron chi connectivity index (χ1n) is 7.64. The molecule has 0 aliphatic rings. The Morgan fingerprint density at radius 1 is 1.33 bits per heavy atom. The average Bonchev–Trinajstić information content (AvgIpc) is 2.91. The van der Waals surface area contributed by atoms with E-state index in [9.17, 15) is 0 Å². The van der Waals surface area contributed by atoms with Crippen molar-refractivity contribution in [1.29, 1.82) is 0 Å². The van der Waals surface area contributed by atoms with Gasteiger partial charge in [0.15, 0.2) is 0 Å². The van der Waals surface area contributed by atoms with Gasteiger partial charge in [-0.3, -0.25) is 4.68 Å². The maximum Gasteiger partial charge on any atom is 0.0522 e. The number of rotatable bonds is 7. The predicted molar refractivity (Wildman–Crippen MR) is 88.8 cm³/mol. The van der Waals surface area contributed by atoms with Crippen LogP contribution >= 0.6 is 11.6 Å². The highest BCUT2D eigenvalue weighted by atomic mass is 35.5. The van der Waals surface area contributed by atoms with Crippen LogP contribution in [0.5, 0.6) is 0 Å². The second-order valence-corrected chi connectivity index (χ2v) is 5.85. The molecule has 0 bridgehead atoms. The molecule has 2 rings (SSSR count). The number of hydrogen-bond donors (Lipinski definition) is 1. The summed E-state index contributed by atoms with van der Waals surface area (Å²) in [5, 5.41) is 8.80. The minimum Gasteiger partial charge on any atom is -0.310 e. The third kappa shape index (κ3) is 4.32. The van der Waals surface area contributed by atoms with Crippen molar-refractivity contribution < 1.29 is 0 Å². The number of halogens is 1. The number of nitrogens with zero attached hydrogens (tertiary/aromatic N) is 2. The predicted octanol–water partition coefficient (Wildman–Crippen LogP) is 4.15. The molecular formula is C17H24ClN3. The van der Waals surface area contributed by atoms with Crippen LogP contribution in [0, 0.1) is 6.92 Å².